The Morgan fingerprint density at radius 3 is 1.82 bits per heavy atom. The minimum Gasteiger partial charge on any atom is -0.309 e. The van der Waals surface area contributed by atoms with E-state index in [-0.39, 0.29) is 0 Å². The van der Waals surface area contributed by atoms with Gasteiger partial charge in [0.15, 0.2) is 0 Å². The van der Waals surface area contributed by atoms with Gasteiger partial charge < -0.3 is 4.57 Å². The fraction of sp³-hybridized carbons (Fsp3) is 0.0789. The number of para-hydroxylation sites is 2. The molecule has 0 saturated carbocycles. The first-order valence-corrected chi connectivity index (χ1v) is 13.8. The molecule has 6 aromatic carbocycles. The van der Waals surface area contributed by atoms with Gasteiger partial charge in [0, 0.05) is 27.8 Å². The molecule has 2 nitrogen and oxygen atoms in total. The van der Waals surface area contributed by atoms with Crippen LogP contribution < -0.4 is 0 Å². The summed E-state index contributed by atoms with van der Waals surface area (Å²) in [6.07, 6.45) is 0. The molecule has 192 valence electrons. The molecule has 8 rings (SSSR count). The average Bonchev–Trinajstić information content (AvgIpc) is 3.31. The normalized spacial score (nSPS) is 11.4. The number of benzene rings is 6. The summed E-state index contributed by atoms with van der Waals surface area (Å²) in [5.41, 5.74) is 7.19. The molecule has 0 radical (unpaired) electrons. The van der Waals surface area contributed by atoms with Crippen molar-refractivity contribution in [3.05, 3.63) is 144 Å². The lowest BCUT2D eigenvalue weighted by Gasteiger charge is -2.10. The predicted octanol–water partition coefficient (Wildman–Crippen LogP) is 10.3. The van der Waals surface area contributed by atoms with Crippen LogP contribution in [0.3, 0.4) is 0 Å². The Morgan fingerprint density at radius 2 is 1.05 bits per heavy atom. The smallest absolute Gasteiger partial charge is 0.0547 e. The van der Waals surface area contributed by atoms with E-state index in [4.69, 9.17) is 0 Å². The van der Waals surface area contributed by atoms with E-state index in [1.54, 1.807) is 0 Å². The highest BCUT2D eigenvalue weighted by molar-refractivity contribution is 6.29. The van der Waals surface area contributed by atoms with Crippen LogP contribution in [0, 0.1) is 20.8 Å². The second-order valence-corrected chi connectivity index (χ2v) is 10.6. The molecule has 0 N–H and O–H groups in total. The van der Waals surface area contributed by atoms with Crippen molar-refractivity contribution in [2.24, 2.45) is 0 Å². The number of aryl methyl sites for hydroxylation is 3. The first-order valence-electron chi connectivity index (χ1n) is 13.8. The van der Waals surface area contributed by atoms with Gasteiger partial charge in [-0.2, -0.15) is 0 Å². The van der Waals surface area contributed by atoms with E-state index in [9.17, 15) is 0 Å². The summed E-state index contributed by atoms with van der Waals surface area (Å²) in [6, 6.07) is 45.9. The summed E-state index contributed by atoms with van der Waals surface area (Å²) in [5, 5.41) is 10.5. The number of hydrogen-bond donors (Lipinski definition) is 0. The molecule has 8 aromatic rings. The number of pyridine rings is 1. The van der Waals surface area contributed by atoms with Gasteiger partial charge in [0.25, 0.3) is 0 Å². The quantitative estimate of drug-likeness (QED) is 0.199. The van der Waals surface area contributed by atoms with E-state index >= 15 is 0 Å². The molecular formula is C38H30N2. The summed E-state index contributed by atoms with van der Waals surface area (Å²) in [4.78, 5) is 4.23. The Morgan fingerprint density at radius 1 is 0.450 bits per heavy atom. The summed E-state index contributed by atoms with van der Waals surface area (Å²) >= 11 is 0. The second kappa shape index (κ2) is 9.66. The summed E-state index contributed by atoms with van der Waals surface area (Å²) in [7, 11) is 0. The highest BCUT2D eigenvalue weighted by atomic mass is 15.0. The van der Waals surface area contributed by atoms with Crippen molar-refractivity contribution in [2.75, 3.05) is 0 Å². The fourth-order valence-electron chi connectivity index (χ4n) is 6.28. The molecule has 0 aliphatic heterocycles. The van der Waals surface area contributed by atoms with Crippen molar-refractivity contribution in [1.82, 2.24) is 9.55 Å². The molecule has 0 saturated heterocycles. The minimum absolute atomic E-state index is 1.10. The minimum atomic E-state index is 1.10. The number of rotatable bonds is 1. The van der Waals surface area contributed by atoms with E-state index < -0.39 is 0 Å². The molecule has 2 heterocycles. The van der Waals surface area contributed by atoms with E-state index in [1.807, 2.05) is 13.8 Å². The van der Waals surface area contributed by atoms with Crippen LogP contribution in [-0.4, -0.2) is 9.55 Å². The van der Waals surface area contributed by atoms with Crippen molar-refractivity contribution < 1.29 is 0 Å². The Bertz CT molecular complexity index is 2140. The van der Waals surface area contributed by atoms with Crippen LogP contribution in [0.5, 0.6) is 0 Å². The van der Waals surface area contributed by atoms with Crippen molar-refractivity contribution >= 4 is 54.1 Å². The molecular weight excluding hydrogens is 484 g/mol. The maximum Gasteiger partial charge on any atom is 0.0547 e. The van der Waals surface area contributed by atoms with E-state index in [0.717, 1.165) is 11.4 Å². The fourth-order valence-corrected chi connectivity index (χ4v) is 6.28. The Hall–Kier alpha value is -4.95. The highest BCUT2D eigenvalue weighted by Crippen LogP contribution is 2.40. The summed E-state index contributed by atoms with van der Waals surface area (Å²) < 4.78 is 2.39. The van der Waals surface area contributed by atoms with Crippen LogP contribution in [0.4, 0.5) is 0 Å². The Balaban J connectivity index is 0.000000253. The number of fused-ring (bicyclic) bond motifs is 9. The molecule has 0 unspecified atom stereocenters. The molecule has 2 heteroatoms. The molecule has 0 spiro atoms. The van der Waals surface area contributed by atoms with Gasteiger partial charge in [0.1, 0.15) is 0 Å². The Kier molecular flexibility index (Phi) is 5.82. The van der Waals surface area contributed by atoms with Crippen LogP contribution in [0.15, 0.2) is 127 Å². The third kappa shape index (κ3) is 4.01. The molecule has 2 aromatic heterocycles. The molecule has 0 atom stereocenters. The third-order valence-corrected chi connectivity index (χ3v) is 7.78. The van der Waals surface area contributed by atoms with Gasteiger partial charge in [-0.1, -0.05) is 91.0 Å². The van der Waals surface area contributed by atoms with Gasteiger partial charge in [-0.05, 0) is 95.1 Å². The second-order valence-electron chi connectivity index (χ2n) is 10.6. The maximum absolute atomic E-state index is 4.23. The summed E-state index contributed by atoms with van der Waals surface area (Å²) in [6.45, 7) is 6.11. The number of aromatic nitrogens is 2. The zero-order chi connectivity index (χ0) is 27.2. The van der Waals surface area contributed by atoms with Crippen LogP contribution in [-0.2, 0) is 0 Å². The zero-order valence-corrected chi connectivity index (χ0v) is 23.0. The lowest BCUT2D eigenvalue weighted by Crippen LogP contribution is -1.92. The van der Waals surface area contributed by atoms with Gasteiger partial charge in [-0.3, -0.25) is 4.98 Å². The molecule has 0 amide bonds. The lowest BCUT2D eigenvalue weighted by atomic mass is 9.94. The van der Waals surface area contributed by atoms with Gasteiger partial charge >= 0.3 is 0 Å². The molecule has 0 aliphatic rings. The van der Waals surface area contributed by atoms with Gasteiger partial charge in [0.2, 0.25) is 0 Å². The van der Waals surface area contributed by atoms with Gasteiger partial charge in [0.05, 0.1) is 11.0 Å². The summed E-state index contributed by atoms with van der Waals surface area (Å²) in [5.74, 6) is 0. The van der Waals surface area contributed by atoms with Crippen molar-refractivity contribution in [1.29, 1.82) is 0 Å². The highest BCUT2D eigenvalue weighted by Gasteiger charge is 2.16. The first-order chi connectivity index (χ1) is 19.6. The van der Waals surface area contributed by atoms with E-state index in [0.29, 0.717) is 0 Å². The lowest BCUT2D eigenvalue weighted by molar-refractivity contribution is 1.10. The van der Waals surface area contributed by atoms with E-state index in [2.05, 4.69) is 144 Å². The number of hydrogen-bond acceptors (Lipinski definition) is 1. The topological polar surface area (TPSA) is 17.8 Å². The number of nitrogens with zero attached hydrogens (tertiary/aromatic N) is 2. The van der Waals surface area contributed by atoms with Crippen LogP contribution in [0.2, 0.25) is 0 Å². The van der Waals surface area contributed by atoms with Crippen molar-refractivity contribution in [2.45, 2.75) is 20.8 Å². The van der Waals surface area contributed by atoms with Crippen LogP contribution in [0.25, 0.3) is 59.8 Å². The first kappa shape index (κ1) is 24.1. The van der Waals surface area contributed by atoms with Crippen LogP contribution in [0.1, 0.15) is 17.0 Å². The average molecular weight is 515 g/mol. The third-order valence-electron chi connectivity index (χ3n) is 7.78. The van der Waals surface area contributed by atoms with Crippen LogP contribution >= 0.6 is 0 Å². The molecule has 0 fully saturated rings. The standard InChI is InChI=1S/C30H19N.C8H11N/c1-2-9-22(10-3-1)31-27-13-7-6-12-26(27)30-25-17-16-21-15-14-20-8-4-5-11-23(20)29(21)24(25)18-19-28(30)31;1-6-4-7(2)9-8(3)5-6/h1-19H;4-5H,1-3H3. The monoisotopic (exact) mass is 514 g/mol. The molecule has 0 aliphatic carbocycles. The van der Waals surface area contributed by atoms with Gasteiger partial charge in [-0.25, -0.2) is 0 Å². The largest absolute Gasteiger partial charge is 0.309 e. The molecule has 40 heavy (non-hydrogen) atoms. The zero-order valence-electron chi connectivity index (χ0n) is 23.0. The SMILES string of the molecule is Cc1cc(C)nc(C)c1.c1ccc(-n2c3ccccc3c3c4ccc5ccc6ccccc6c5c4ccc32)cc1. The van der Waals surface area contributed by atoms with Gasteiger partial charge in [-0.15, -0.1) is 0 Å². The maximum atomic E-state index is 4.23. The van der Waals surface area contributed by atoms with Crippen molar-refractivity contribution in [3.8, 4) is 5.69 Å². The van der Waals surface area contributed by atoms with Crippen molar-refractivity contribution in [3.63, 3.8) is 0 Å². The Labute approximate surface area is 234 Å². The predicted molar refractivity (Wildman–Crippen MR) is 172 cm³/mol. The molecule has 0 bridgehead atoms. The van der Waals surface area contributed by atoms with E-state index in [1.165, 1.54) is 65.4 Å².